The summed E-state index contributed by atoms with van der Waals surface area (Å²) in [6.45, 7) is 4.59. The Morgan fingerprint density at radius 3 is 2.17 bits per heavy atom. The number of para-hydroxylation sites is 1. The van der Waals surface area contributed by atoms with Gasteiger partial charge in [0.2, 0.25) is 0 Å². The molecule has 3 aromatic carbocycles. The third-order valence-electron chi connectivity index (χ3n) is 6.67. The molecule has 1 amide bonds. The van der Waals surface area contributed by atoms with Gasteiger partial charge in [0.25, 0.3) is 5.91 Å². The van der Waals surface area contributed by atoms with Gasteiger partial charge in [-0.3, -0.25) is 9.69 Å². The molecule has 1 aliphatic rings. The molecule has 35 heavy (non-hydrogen) atoms. The molecule has 1 fully saturated rings. The van der Waals surface area contributed by atoms with Crippen molar-refractivity contribution >= 4 is 11.6 Å². The molecule has 1 heterocycles. The van der Waals surface area contributed by atoms with E-state index in [0.717, 1.165) is 66.5 Å². The normalized spacial score (nSPS) is 14.4. The molecule has 0 atom stereocenters. The van der Waals surface area contributed by atoms with Gasteiger partial charge in [-0.05, 0) is 62.2 Å². The fraction of sp³-hybridized carbons (Fsp3) is 0.345. The van der Waals surface area contributed by atoms with E-state index in [2.05, 4.69) is 11.0 Å². The summed E-state index contributed by atoms with van der Waals surface area (Å²) in [5.74, 6) is 2.34. The number of piperidine rings is 1. The highest BCUT2D eigenvalue weighted by molar-refractivity contribution is 6.06. The van der Waals surface area contributed by atoms with E-state index < -0.39 is 0 Å². The van der Waals surface area contributed by atoms with Crippen molar-refractivity contribution in [1.82, 2.24) is 4.90 Å². The van der Waals surface area contributed by atoms with Gasteiger partial charge in [0.1, 0.15) is 5.75 Å². The summed E-state index contributed by atoms with van der Waals surface area (Å²) in [5.41, 5.74) is 3.84. The average molecular weight is 475 g/mol. The SMILES string of the molecule is COc1ccc(N(C(=O)c2ccc(C)cc2)C2CCN(Cc3cccc(OC)c3OC)CC2)cc1. The van der Waals surface area contributed by atoms with Crippen LogP contribution in [0.1, 0.15) is 34.3 Å². The molecule has 4 rings (SSSR count). The van der Waals surface area contributed by atoms with Gasteiger partial charge < -0.3 is 19.1 Å². The molecule has 6 nitrogen and oxygen atoms in total. The van der Waals surface area contributed by atoms with Crippen molar-refractivity contribution in [2.75, 3.05) is 39.3 Å². The Hall–Kier alpha value is -3.51. The molecule has 6 heteroatoms. The maximum atomic E-state index is 13.7. The molecule has 0 aliphatic carbocycles. The Kier molecular flexibility index (Phi) is 7.93. The first kappa shape index (κ1) is 24.6. The van der Waals surface area contributed by atoms with Crippen LogP contribution in [0.15, 0.2) is 66.7 Å². The number of anilines is 1. The van der Waals surface area contributed by atoms with Crippen molar-refractivity contribution in [3.8, 4) is 17.2 Å². The molecule has 184 valence electrons. The zero-order valence-corrected chi connectivity index (χ0v) is 21.0. The molecular formula is C29H34N2O4. The summed E-state index contributed by atoms with van der Waals surface area (Å²) >= 11 is 0. The molecule has 3 aromatic rings. The van der Waals surface area contributed by atoms with Crippen LogP contribution >= 0.6 is 0 Å². The van der Waals surface area contributed by atoms with Gasteiger partial charge in [-0.25, -0.2) is 0 Å². The highest BCUT2D eigenvalue weighted by Crippen LogP contribution is 2.33. The van der Waals surface area contributed by atoms with Crippen LogP contribution in [-0.4, -0.2) is 51.3 Å². The van der Waals surface area contributed by atoms with Gasteiger partial charge in [-0.2, -0.15) is 0 Å². The maximum absolute atomic E-state index is 13.7. The second kappa shape index (κ2) is 11.3. The molecule has 0 bridgehead atoms. The topological polar surface area (TPSA) is 51.2 Å². The minimum Gasteiger partial charge on any atom is -0.497 e. The Morgan fingerprint density at radius 2 is 1.57 bits per heavy atom. The lowest BCUT2D eigenvalue weighted by atomic mass is 9.99. The van der Waals surface area contributed by atoms with E-state index in [0.29, 0.717) is 5.56 Å². The lowest BCUT2D eigenvalue weighted by molar-refractivity contribution is 0.0958. The van der Waals surface area contributed by atoms with Crippen molar-refractivity contribution in [2.24, 2.45) is 0 Å². The molecule has 0 N–H and O–H groups in total. The van der Waals surface area contributed by atoms with Crippen molar-refractivity contribution in [3.05, 3.63) is 83.4 Å². The minimum absolute atomic E-state index is 0.0306. The van der Waals surface area contributed by atoms with E-state index in [4.69, 9.17) is 14.2 Å². The van der Waals surface area contributed by atoms with Crippen LogP contribution in [0.25, 0.3) is 0 Å². The summed E-state index contributed by atoms with van der Waals surface area (Å²) in [5, 5.41) is 0. The van der Waals surface area contributed by atoms with Crippen molar-refractivity contribution in [3.63, 3.8) is 0 Å². The third-order valence-corrected chi connectivity index (χ3v) is 6.67. The molecule has 1 saturated heterocycles. The zero-order chi connectivity index (χ0) is 24.8. The van der Waals surface area contributed by atoms with Crippen molar-refractivity contribution < 1.29 is 19.0 Å². The van der Waals surface area contributed by atoms with Crippen LogP contribution in [-0.2, 0) is 6.54 Å². The van der Waals surface area contributed by atoms with E-state index in [1.165, 1.54) is 0 Å². The first-order valence-electron chi connectivity index (χ1n) is 12.0. The molecule has 0 unspecified atom stereocenters. The Morgan fingerprint density at radius 1 is 0.886 bits per heavy atom. The number of rotatable bonds is 8. The number of nitrogens with zero attached hydrogens (tertiary/aromatic N) is 2. The quantitative estimate of drug-likeness (QED) is 0.442. The lowest BCUT2D eigenvalue weighted by Gasteiger charge is -2.39. The number of benzene rings is 3. The summed E-state index contributed by atoms with van der Waals surface area (Å²) in [7, 11) is 4.99. The van der Waals surface area contributed by atoms with Gasteiger partial charge in [-0.15, -0.1) is 0 Å². The number of carbonyl (C=O) groups is 1. The number of amides is 1. The first-order chi connectivity index (χ1) is 17.0. The minimum atomic E-state index is 0.0306. The highest BCUT2D eigenvalue weighted by Gasteiger charge is 2.30. The predicted molar refractivity (Wildman–Crippen MR) is 139 cm³/mol. The smallest absolute Gasteiger partial charge is 0.258 e. The second-order valence-electron chi connectivity index (χ2n) is 8.90. The number of carbonyl (C=O) groups excluding carboxylic acids is 1. The van der Waals surface area contributed by atoms with E-state index in [-0.39, 0.29) is 11.9 Å². The van der Waals surface area contributed by atoms with E-state index in [9.17, 15) is 4.79 Å². The molecule has 1 aliphatic heterocycles. The highest BCUT2D eigenvalue weighted by atomic mass is 16.5. The number of likely N-dealkylation sites (tertiary alicyclic amines) is 1. The monoisotopic (exact) mass is 474 g/mol. The van der Waals surface area contributed by atoms with Gasteiger partial charge in [0, 0.05) is 42.5 Å². The summed E-state index contributed by atoms with van der Waals surface area (Å²) < 4.78 is 16.4. The van der Waals surface area contributed by atoms with Crippen LogP contribution in [0.3, 0.4) is 0 Å². The van der Waals surface area contributed by atoms with Gasteiger partial charge in [-0.1, -0.05) is 29.8 Å². The molecule has 0 radical (unpaired) electrons. The predicted octanol–water partition coefficient (Wildman–Crippen LogP) is 5.33. The van der Waals surface area contributed by atoms with E-state index in [1.54, 1.807) is 21.3 Å². The van der Waals surface area contributed by atoms with Gasteiger partial charge in [0.05, 0.1) is 21.3 Å². The number of aryl methyl sites for hydroxylation is 1. The number of hydrogen-bond donors (Lipinski definition) is 0. The first-order valence-corrected chi connectivity index (χ1v) is 12.0. The molecule has 0 spiro atoms. The zero-order valence-electron chi connectivity index (χ0n) is 21.0. The molecule has 0 saturated carbocycles. The fourth-order valence-corrected chi connectivity index (χ4v) is 4.73. The summed E-state index contributed by atoms with van der Waals surface area (Å²) in [6.07, 6.45) is 1.77. The van der Waals surface area contributed by atoms with E-state index >= 15 is 0 Å². The average Bonchev–Trinajstić information content (AvgIpc) is 2.90. The number of hydrogen-bond acceptors (Lipinski definition) is 5. The Labute approximate surface area is 208 Å². The largest absolute Gasteiger partial charge is 0.497 e. The molecule has 0 aromatic heterocycles. The van der Waals surface area contributed by atoms with Crippen molar-refractivity contribution in [1.29, 1.82) is 0 Å². The fourth-order valence-electron chi connectivity index (χ4n) is 4.73. The Bertz CT molecular complexity index is 1120. The van der Waals surface area contributed by atoms with Crippen molar-refractivity contribution in [2.45, 2.75) is 32.4 Å². The standard InChI is InChI=1S/C29H34N2O4/c1-21-8-10-22(11-9-21)29(32)31(24-12-14-26(33-2)15-13-24)25-16-18-30(19-17-25)20-23-6-5-7-27(34-3)28(23)35-4/h5-15,25H,16-20H2,1-4H3. The second-order valence-corrected chi connectivity index (χ2v) is 8.90. The number of ether oxygens (including phenoxy) is 3. The van der Waals surface area contributed by atoms with Gasteiger partial charge >= 0.3 is 0 Å². The lowest BCUT2D eigenvalue weighted by Crippen LogP contribution is -2.47. The van der Waals surface area contributed by atoms with Crippen LogP contribution in [0.2, 0.25) is 0 Å². The van der Waals surface area contributed by atoms with Crippen LogP contribution in [0, 0.1) is 6.92 Å². The number of methoxy groups -OCH3 is 3. The Balaban J connectivity index is 1.52. The van der Waals surface area contributed by atoms with Gasteiger partial charge in [0.15, 0.2) is 11.5 Å². The maximum Gasteiger partial charge on any atom is 0.258 e. The summed E-state index contributed by atoms with van der Waals surface area (Å²) in [4.78, 5) is 18.1. The van der Waals surface area contributed by atoms with Crippen LogP contribution in [0.4, 0.5) is 5.69 Å². The third kappa shape index (κ3) is 5.60. The van der Waals surface area contributed by atoms with Crippen LogP contribution < -0.4 is 19.1 Å². The summed E-state index contributed by atoms with van der Waals surface area (Å²) in [6, 6.07) is 21.7. The van der Waals surface area contributed by atoms with E-state index in [1.807, 2.05) is 72.5 Å². The molecular weight excluding hydrogens is 440 g/mol. The van der Waals surface area contributed by atoms with Crippen LogP contribution in [0.5, 0.6) is 17.2 Å².